The summed E-state index contributed by atoms with van der Waals surface area (Å²) in [4.78, 5) is 7.07. The standard InChI is InChI=1S/C16H14Cl2N4/c17-11-5-13-12(10-8-19-20-9-10)7-15(22-3-1-2-4-22)21-16(13)14(18)6-11/h5-9H,1-4H2,(H,19,20). The summed E-state index contributed by atoms with van der Waals surface area (Å²) < 4.78 is 0. The van der Waals surface area contributed by atoms with Crippen LogP contribution in [0, 0.1) is 0 Å². The molecule has 0 aliphatic carbocycles. The van der Waals surface area contributed by atoms with Gasteiger partial charge < -0.3 is 4.90 Å². The maximum atomic E-state index is 6.39. The first-order valence-corrected chi connectivity index (χ1v) is 8.02. The highest BCUT2D eigenvalue weighted by molar-refractivity contribution is 6.38. The van der Waals surface area contributed by atoms with Crippen molar-refractivity contribution in [3.05, 3.63) is 40.6 Å². The molecular formula is C16H14Cl2N4. The monoisotopic (exact) mass is 332 g/mol. The van der Waals surface area contributed by atoms with Crippen LogP contribution in [0.1, 0.15) is 12.8 Å². The fraction of sp³-hybridized carbons (Fsp3) is 0.250. The third-order valence-corrected chi connectivity index (χ3v) is 4.56. The van der Waals surface area contributed by atoms with E-state index >= 15 is 0 Å². The molecule has 0 bridgehead atoms. The van der Waals surface area contributed by atoms with Gasteiger partial charge in [0.15, 0.2) is 0 Å². The quantitative estimate of drug-likeness (QED) is 0.749. The maximum absolute atomic E-state index is 6.39. The first kappa shape index (κ1) is 13.9. The molecule has 1 aliphatic rings. The number of aromatic amines is 1. The lowest BCUT2D eigenvalue weighted by Gasteiger charge is -2.19. The molecule has 1 N–H and O–H groups in total. The molecule has 0 spiro atoms. The van der Waals surface area contributed by atoms with Crippen LogP contribution in [0.25, 0.3) is 22.0 Å². The van der Waals surface area contributed by atoms with Crippen LogP contribution in [0.4, 0.5) is 5.82 Å². The lowest BCUT2D eigenvalue weighted by molar-refractivity contribution is 0.944. The van der Waals surface area contributed by atoms with Crippen LogP contribution < -0.4 is 4.90 Å². The molecule has 0 radical (unpaired) electrons. The molecule has 0 saturated carbocycles. The van der Waals surface area contributed by atoms with E-state index in [0.29, 0.717) is 10.0 Å². The normalized spacial score (nSPS) is 14.9. The summed E-state index contributed by atoms with van der Waals surface area (Å²) in [5, 5.41) is 9.05. The number of fused-ring (bicyclic) bond motifs is 1. The minimum Gasteiger partial charge on any atom is -0.357 e. The summed E-state index contributed by atoms with van der Waals surface area (Å²) >= 11 is 12.6. The van der Waals surface area contributed by atoms with Gasteiger partial charge in [-0.15, -0.1) is 0 Å². The Kier molecular flexibility index (Phi) is 3.43. The van der Waals surface area contributed by atoms with E-state index in [1.165, 1.54) is 12.8 Å². The van der Waals surface area contributed by atoms with Crippen molar-refractivity contribution in [1.82, 2.24) is 15.2 Å². The van der Waals surface area contributed by atoms with E-state index in [0.717, 1.165) is 40.9 Å². The molecule has 4 nitrogen and oxygen atoms in total. The number of rotatable bonds is 2. The fourth-order valence-corrected chi connectivity index (χ4v) is 3.52. The lowest BCUT2D eigenvalue weighted by atomic mass is 10.0. The van der Waals surface area contributed by atoms with E-state index in [9.17, 15) is 0 Å². The van der Waals surface area contributed by atoms with Gasteiger partial charge in [-0.2, -0.15) is 5.10 Å². The molecule has 1 saturated heterocycles. The molecule has 3 aromatic rings. The molecule has 22 heavy (non-hydrogen) atoms. The van der Waals surface area contributed by atoms with Crippen LogP contribution in [0.15, 0.2) is 30.6 Å². The van der Waals surface area contributed by atoms with Gasteiger partial charge in [-0.1, -0.05) is 23.2 Å². The topological polar surface area (TPSA) is 44.8 Å². The number of aromatic nitrogens is 3. The average molecular weight is 333 g/mol. The number of anilines is 1. The van der Waals surface area contributed by atoms with Crippen LogP contribution in [0.2, 0.25) is 10.0 Å². The van der Waals surface area contributed by atoms with Gasteiger partial charge in [-0.05, 0) is 36.6 Å². The number of pyridine rings is 1. The van der Waals surface area contributed by atoms with Crippen LogP contribution in [0.3, 0.4) is 0 Å². The van der Waals surface area contributed by atoms with Gasteiger partial charge in [0.1, 0.15) is 5.82 Å². The minimum absolute atomic E-state index is 0.577. The predicted molar refractivity (Wildman–Crippen MR) is 90.8 cm³/mol. The van der Waals surface area contributed by atoms with Crippen molar-refractivity contribution in [2.24, 2.45) is 0 Å². The molecule has 6 heteroatoms. The third-order valence-electron chi connectivity index (χ3n) is 4.06. The Hall–Kier alpha value is -1.78. The van der Waals surface area contributed by atoms with E-state index in [2.05, 4.69) is 21.2 Å². The third kappa shape index (κ3) is 2.32. The zero-order valence-electron chi connectivity index (χ0n) is 11.8. The van der Waals surface area contributed by atoms with Crippen LogP contribution in [0.5, 0.6) is 0 Å². The number of nitrogens with one attached hydrogen (secondary N) is 1. The number of benzene rings is 1. The molecule has 1 aromatic carbocycles. The number of halogens is 2. The Morgan fingerprint density at radius 2 is 1.91 bits per heavy atom. The van der Waals surface area contributed by atoms with Crippen molar-refractivity contribution in [1.29, 1.82) is 0 Å². The largest absolute Gasteiger partial charge is 0.357 e. The second-order valence-electron chi connectivity index (χ2n) is 5.49. The summed E-state index contributed by atoms with van der Waals surface area (Å²) in [5.41, 5.74) is 2.84. The number of hydrogen-bond acceptors (Lipinski definition) is 3. The molecule has 1 aliphatic heterocycles. The summed E-state index contributed by atoms with van der Waals surface area (Å²) in [6.07, 6.45) is 6.08. The summed E-state index contributed by atoms with van der Waals surface area (Å²) in [6.45, 7) is 2.07. The Labute approximate surface area is 138 Å². The van der Waals surface area contributed by atoms with Crippen molar-refractivity contribution in [2.75, 3.05) is 18.0 Å². The van der Waals surface area contributed by atoms with Crippen LogP contribution in [-0.4, -0.2) is 28.3 Å². The summed E-state index contributed by atoms with van der Waals surface area (Å²) in [7, 11) is 0. The highest BCUT2D eigenvalue weighted by Gasteiger charge is 2.18. The first-order valence-electron chi connectivity index (χ1n) is 7.26. The molecule has 112 valence electrons. The van der Waals surface area contributed by atoms with Gasteiger partial charge in [0.2, 0.25) is 0 Å². The first-order chi connectivity index (χ1) is 10.7. The lowest BCUT2D eigenvalue weighted by Crippen LogP contribution is -2.19. The minimum atomic E-state index is 0.577. The van der Waals surface area contributed by atoms with E-state index in [-0.39, 0.29) is 0 Å². The highest BCUT2D eigenvalue weighted by atomic mass is 35.5. The second-order valence-corrected chi connectivity index (χ2v) is 6.34. The Balaban J connectivity index is 2.01. The molecule has 3 heterocycles. The second kappa shape index (κ2) is 5.45. The molecule has 0 amide bonds. The van der Waals surface area contributed by atoms with Crippen molar-refractivity contribution in [2.45, 2.75) is 12.8 Å². The zero-order valence-corrected chi connectivity index (χ0v) is 13.3. The van der Waals surface area contributed by atoms with E-state index in [1.807, 2.05) is 12.3 Å². The van der Waals surface area contributed by atoms with Gasteiger partial charge in [0.05, 0.1) is 16.7 Å². The van der Waals surface area contributed by atoms with E-state index in [1.54, 1.807) is 12.3 Å². The van der Waals surface area contributed by atoms with Crippen molar-refractivity contribution < 1.29 is 0 Å². The highest BCUT2D eigenvalue weighted by Crippen LogP contribution is 2.36. The molecule has 1 fully saturated rings. The van der Waals surface area contributed by atoms with E-state index < -0.39 is 0 Å². The average Bonchev–Trinajstić information content (AvgIpc) is 3.20. The number of hydrogen-bond donors (Lipinski definition) is 1. The number of nitrogens with zero attached hydrogens (tertiary/aromatic N) is 3. The smallest absolute Gasteiger partial charge is 0.129 e. The Bertz CT molecular complexity index is 824. The molecule has 0 unspecified atom stereocenters. The Morgan fingerprint density at radius 1 is 1.09 bits per heavy atom. The summed E-state index contributed by atoms with van der Waals surface area (Å²) in [5.74, 6) is 0.963. The maximum Gasteiger partial charge on any atom is 0.129 e. The summed E-state index contributed by atoms with van der Waals surface area (Å²) in [6, 6.07) is 5.75. The zero-order chi connectivity index (χ0) is 15.1. The molecule has 4 rings (SSSR count). The van der Waals surface area contributed by atoms with Crippen molar-refractivity contribution >= 4 is 39.9 Å². The van der Waals surface area contributed by atoms with Gasteiger partial charge >= 0.3 is 0 Å². The molecule has 0 atom stereocenters. The van der Waals surface area contributed by atoms with Crippen molar-refractivity contribution in [3.8, 4) is 11.1 Å². The number of H-pyrrole nitrogens is 1. The van der Waals surface area contributed by atoms with Gasteiger partial charge in [0, 0.05) is 35.3 Å². The molecule has 2 aromatic heterocycles. The van der Waals surface area contributed by atoms with Crippen LogP contribution >= 0.6 is 23.2 Å². The van der Waals surface area contributed by atoms with Crippen molar-refractivity contribution in [3.63, 3.8) is 0 Å². The van der Waals surface area contributed by atoms with Gasteiger partial charge in [-0.25, -0.2) is 4.98 Å². The van der Waals surface area contributed by atoms with Gasteiger partial charge in [0.25, 0.3) is 0 Å². The van der Waals surface area contributed by atoms with Crippen LogP contribution in [-0.2, 0) is 0 Å². The molecular weight excluding hydrogens is 319 g/mol. The van der Waals surface area contributed by atoms with E-state index in [4.69, 9.17) is 28.2 Å². The van der Waals surface area contributed by atoms with Gasteiger partial charge in [-0.3, -0.25) is 5.10 Å². The fourth-order valence-electron chi connectivity index (χ4n) is 2.98. The predicted octanol–water partition coefficient (Wildman–Crippen LogP) is 4.53. The SMILES string of the molecule is Clc1cc(Cl)c2nc(N3CCCC3)cc(-c3cn[nH]c3)c2c1. The Morgan fingerprint density at radius 3 is 2.64 bits per heavy atom.